The van der Waals surface area contributed by atoms with Gasteiger partial charge in [0, 0.05) is 22.6 Å². The SMILES string of the molecule is CON=C(C(=O)NC1C(=O)N2C(C(=O)O)=C(CSc3cc(C)nc4nc(CO)nn34)CS[C@@H]12)c1csc(N)n1.Cl. The number of nitrogens with one attached hydrogen (secondary N) is 1. The first kappa shape index (κ1) is 29.5. The summed E-state index contributed by atoms with van der Waals surface area (Å²) in [5.74, 6) is -1.38. The predicted octanol–water partition coefficient (Wildman–Crippen LogP) is 0.267. The van der Waals surface area contributed by atoms with Gasteiger partial charge in [0.2, 0.25) is 0 Å². The number of fused-ring (bicyclic) bond motifs is 2. The quantitative estimate of drug-likeness (QED) is 0.0826. The number of carboxylic acids is 1. The molecule has 1 saturated heterocycles. The number of aryl methyl sites for hydroxylation is 1. The molecule has 1 fully saturated rings. The number of carbonyl (C=O) groups excluding carboxylic acids is 2. The third kappa shape index (κ3) is 5.44. The molecule has 212 valence electrons. The number of aliphatic hydroxyl groups is 1. The highest BCUT2D eigenvalue weighted by Crippen LogP contribution is 2.41. The van der Waals surface area contributed by atoms with Crippen LogP contribution in [-0.4, -0.2) is 93.2 Å². The Morgan fingerprint density at radius 1 is 1.35 bits per heavy atom. The van der Waals surface area contributed by atoms with Crippen molar-refractivity contribution in [1.82, 2.24) is 34.8 Å². The Morgan fingerprint density at radius 2 is 2.12 bits per heavy atom. The molecule has 5 N–H and O–H groups in total. The maximum Gasteiger partial charge on any atom is 0.352 e. The molecule has 2 aliphatic rings. The minimum absolute atomic E-state index is 0. The zero-order valence-electron chi connectivity index (χ0n) is 20.8. The second-order valence-electron chi connectivity index (χ2n) is 8.23. The van der Waals surface area contributed by atoms with Crippen molar-refractivity contribution in [2.24, 2.45) is 5.16 Å². The molecule has 0 radical (unpaired) electrons. The number of nitrogen functional groups attached to an aromatic ring is 1. The number of amides is 2. The molecule has 2 amide bonds. The highest BCUT2D eigenvalue weighted by molar-refractivity contribution is 8.01. The maximum atomic E-state index is 13.1. The van der Waals surface area contributed by atoms with Crippen LogP contribution in [0.3, 0.4) is 0 Å². The van der Waals surface area contributed by atoms with Gasteiger partial charge in [0.05, 0.1) is 0 Å². The number of hydrogen-bond donors (Lipinski definition) is 4. The number of halogens is 1. The van der Waals surface area contributed by atoms with Gasteiger partial charge in [0.25, 0.3) is 17.6 Å². The van der Waals surface area contributed by atoms with E-state index in [4.69, 9.17) is 10.6 Å². The summed E-state index contributed by atoms with van der Waals surface area (Å²) in [5, 5.41) is 31.8. The van der Waals surface area contributed by atoms with E-state index in [0.29, 0.717) is 27.8 Å². The van der Waals surface area contributed by atoms with Crippen LogP contribution in [0.15, 0.2) is 32.9 Å². The molecule has 1 unspecified atom stereocenters. The van der Waals surface area contributed by atoms with Gasteiger partial charge in [-0.05, 0) is 18.6 Å². The summed E-state index contributed by atoms with van der Waals surface area (Å²) >= 11 is 3.77. The van der Waals surface area contributed by atoms with Crippen molar-refractivity contribution in [2.45, 2.75) is 30.0 Å². The zero-order chi connectivity index (χ0) is 27.8. The number of anilines is 1. The van der Waals surface area contributed by atoms with E-state index >= 15 is 0 Å². The van der Waals surface area contributed by atoms with E-state index in [9.17, 15) is 24.6 Å². The number of rotatable bonds is 9. The normalized spacial score (nSPS) is 18.7. The first-order valence-corrected chi connectivity index (χ1v) is 14.1. The van der Waals surface area contributed by atoms with Crippen LogP contribution >= 0.6 is 47.3 Å². The van der Waals surface area contributed by atoms with Crippen molar-refractivity contribution in [3.63, 3.8) is 0 Å². The van der Waals surface area contributed by atoms with Crippen molar-refractivity contribution >= 4 is 81.7 Å². The van der Waals surface area contributed by atoms with Crippen LogP contribution in [0, 0.1) is 6.92 Å². The number of aromatic nitrogens is 5. The summed E-state index contributed by atoms with van der Waals surface area (Å²) in [4.78, 5) is 56.7. The summed E-state index contributed by atoms with van der Waals surface area (Å²) in [7, 11) is 1.27. The number of oxime groups is 1. The number of aliphatic carboxylic acids is 1. The molecular formula is C21H22ClN9O6S3. The molecule has 0 aromatic carbocycles. The van der Waals surface area contributed by atoms with Gasteiger partial charge >= 0.3 is 5.97 Å². The van der Waals surface area contributed by atoms with Crippen molar-refractivity contribution in [2.75, 3.05) is 24.3 Å². The topological polar surface area (TPSA) is 211 Å². The molecule has 0 aliphatic carbocycles. The second kappa shape index (κ2) is 12.0. The van der Waals surface area contributed by atoms with Gasteiger partial charge in [-0.1, -0.05) is 5.16 Å². The number of carbonyl (C=O) groups is 3. The number of thiazole rings is 1. The highest BCUT2D eigenvalue weighted by Gasteiger charge is 2.54. The number of β-lactam (4-membered cyclic amide) rings is 1. The van der Waals surface area contributed by atoms with Crippen molar-refractivity contribution < 1.29 is 29.4 Å². The van der Waals surface area contributed by atoms with Crippen LogP contribution in [0.1, 0.15) is 17.2 Å². The molecule has 19 heteroatoms. The van der Waals surface area contributed by atoms with Crippen LogP contribution in [0.25, 0.3) is 5.78 Å². The monoisotopic (exact) mass is 627 g/mol. The molecule has 40 heavy (non-hydrogen) atoms. The molecule has 5 heterocycles. The smallest absolute Gasteiger partial charge is 0.352 e. The van der Waals surface area contributed by atoms with Crippen LogP contribution in [-0.2, 0) is 25.8 Å². The fraction of sp³-hybridized carbons (Fsp3) is 0.333. The minimum atomic E-state index is -1.24. The van der Waals surface area contributed by atoms with Crippen LogP contribution in [0.2, 0.25) is 0 Å². The summed E-state index contributed by atoms with van der Waals surface area (Å²) in [6.45, 7) is 1.45. The third-order valence-electron chi connectivity index (χ3n) is 5.69. The van der Waals surface area contributed by atoms with E-state index in [-0.39, 0.29) is 52.8 Å². The molecule has 3 aromatic rings. The van der Waals surface area contributed by atoms with E-state index in [1.165, 1.54) is 45.4 Å². The standard InChI is InChI=1S/C21H21N9O6S3.ClH/c1-8-3-12(30-21(23-8)25-11(4-31)27-30)37-5-9-6-38-18-14(17(33)29(18)15(9)19(34)35)26-16(32)13(28-36-2)10-7-39-20(22)24-10;/h3,7,14,18,31H,4-6H2,1-2H3,(H2,22,24)(H,26,32)(H,34,35);1H/t14?,18-;/m0./s1. The van der Waals surface area contributed by atoms with Crippen LogP contribution in [0.4, 0.5) is 5.13 Å². The Hall–Kier alpha value is -3.45. The lowest BCUT2D eigenvalue weighted by Crippen LogP contribution is -2.71. The van der Waals surface area contributed by atoms with Crippen molar-refractivity contribution in [3.05, 3.63) is 39.9 Å². The number of thioether (sulfide) groups is 2. The predicted molar refractivity (Wildman–Crippen MR) is 149 cm³/mol. The van der Waals surface area contributed by atoms with Gasteiger partial charge in [0.1, 0.15) is 41.5 Å². The Balaban J connectivity index is 0.00000370. The molecule has 3 aromatic heterocycles. The Morgan fingerprint density at radius 3 is 2.77 bits per heavy atom. The number of nitrogens with zero attached hydrogens (tertiary/aromatic N) is 7. The fourth-order valence-corrected chi connectivity index (χ4v) is 7.10. The van der Waals surface area contributed by atoms with Crippen LogP contribution < -0.4 is 11.1 Å². The lowest BCUT2D eigenvalue weighted by atomic mass is 10.0. The molecule has 2 aliphatic heterocycles. The Bertz CT molecular complexity index is 1560. The van der Waals surface area contributed by atoms with Gasteiger partial charge in [-0.3, -0.25) is 14.5 Å². The average molecular weight is 628 g/mol. The van der Waals surface area contributed by atoms with Crippen molar-refractivity contribution in [1.29, 1.82) is 0 Å². The van der Waals surface area contributed by atoms with Gasteiger partial charge in [-0.2, -0.15) is 9.50 Å². The molecule has 5 rings (SSSR count). The van der Waals surface area contributed by atoms with E-state index < -0.39 is 29.2 Å². The summed E-state index contributed by atoms with van der Waals surface area (Å²) in [5.41, 5.74) is 6.80. The Labute approximate surface area is 244 Å². The lowest BCUT2D eigenvalue weighted by Gasteiger charge is -2.49. The first-order valence-electron chi connectivity index (χ1n) is 11.2. The largest absolute Gasteiger partial charge is 0.477 e. The summed E-state index contributed by atoms with van der Waals surface area (Å²) in [6, 6.07) is 0.821. The highest BCUT2D eigenvalue weighted by atomic mass is 35.5. The fourth-order valence-electron chi connectivity index (χ4n) is 4.02. The van der Waals surface area contributed by atoms with E-state index in [1.807, 2.05) is 0 Å². The molecule has 15 nitrogen and oxygen atoms in total. The zero-order valence-corrected chi connectivity index (χ0v) is 24.1. The molecule has 0 spiro atoms. The molecule has 2 atom stereocenters. The second-order valence-corrected chi connectivity index (χ2v) is 11.2. The third-order valence-corrected chi connectivity index (χ3v) is 8.78. The molecule has 0 saturated carbocycles. The average Bonchev–Trinajstić information content (AvgIpc) is 3.53. The number of carboxylic acid groups (broad SMARTS) is 1. The molecular weight excluding hydrogens is 606 g/mol. The van der Waals surface area contributed by atoms with E-state index in [2.05, 4.69) is 30.5 Å². The number of aliphatic hydroxyl groups excluding tert-OH is 1. The molecule has 0 bridgehead atoms. The van der Waals surface area contributed by atoms with E-state index in [0.717, 1.165) is 11.3 Å². The maximum absolute atomic E-state index is 13.1. The minimum Gasteiger partial charge on any atom is -0.477 e. The van der Waals surface area contributed by atoms with Gasteiger partial charge < -0.3 is 26.1 Å². The van der Waals surface area contributed by atoms with Gasteiger partial charge in [0.15, 0.2) is 16.7 Å². The van der Waals surface area contributed by atoms with Gasteiger partial charge in [-0.25, -0.2) is 14.8 Å². The van der Waals surface area contributed by atoms with Crippen molar-refractivity contribution in [3.8, 4) is 0 Å². The lowest BCUT2D eigenvalue weighted by molar-refractivity contribution is -0.150. The summed E-state index contributed by atoms with van der Waals surface area (Å²) < 4.78 is 1.48. The van der Waals surface area contributed by atoms with Crippen LogP contribution in [0.5, 0.6) is 0 Å². The number of hydrogen-bond acceptors (Lipinski definition) is 14. The van der Waals surface area contributed by atoms with E-state index in [1.54, 1.807) is 13.0 Å². The number of nitrogens with two attached hydrogens (primary N) is 1. The summed E-state index contributed by atoms with van der Waals surface area (Å²) in [6.07, 6.45) is 0. The van der Waals surface area contributed by atoms with Gasteiger partial charge in [-0.15, -0.1) is 52.4 Å². The Kier molecular flexibility index (Phi) is 8.83. The first-order chi connectivity index (χ1) is 18.7.